The van der Waals surface area contributed by atoms with Crippen molar-refractivity contribution in [3.05, 3.63) is 60.6 Å². The van der Waals surface area contributed by atoms with E-state index in [1.54, 1.807) is 30.3 Å². The maximum absolute atomic E-state index is 13.3. The number of rotatable bonds is 9. The first kappa shape index (κ1) is 18.2. The van der Waals surface area contributed by atoms with Crippen molar-refractivity contribution in [3.8, 4) is 0 Å². The molecule has 0 unspecified atom stereocenters. The standard InChI is InChI=1S/C18H26F2N2/c1-7-9-16(21-13(3)4)15(14(5)8-2)12-22(6)18(10-11-18)17(19)20/h7,9,12,17,21H,1,3,5,8,10-11H2,2,4,6H3/b15-12-,16-9+. The van der Waals surface area contributed by atoms with Gasteiger partial charge in [-0.1, -0.05) is 32.7 Å². The van der Waals surface area contributed by atoms with Gasteiger partial charge in [0.15, 0.2) is 0 Å². The number of allylic oxidation sites excluding steroid dienone is 4. The summed E-state index contributed by atoms with van der Waals surface area (Å²) in [5.41, 5.74) is 2.19. The number of hydrogen-bond donors (Lipinski definition) is 1. The van der Waals surface area contributed by atoms with Crippen LogP contribution in [-0.2, 0) is 0 Å². The molecule has 1 aliphatic rings. The lowest BCUT2D eigenvalue weighted by Crippen LogP contribution is -2.36. The van der Waals surface area contributed by atoms with Crippen LogP contribution in [0.4, 0.5) is 8.78 Å². The van der Waals surface area contributed by atoms with Gasteiger partial charge in [-0.3, -0.25) is 0 Å². The zero-order chi connectivity index (χ0) is 16.9. The van der Waals surface area contributed by atoms with Crippen molar-refractivity contribution in [2.24, 2.45) is 0 Å². The fourth-order valence-corrected chi connectivity index (χ4v) is 2.26. The molecule has 1 aliphatic carbocycles. The highest BCUT2D eigenvalue weighted by Crippen LogP contribution is 2.46. The number of hydrogen-bond acceptors (Lipinski definition) is 2. The Hall–Kier alpha value is -1.84. The highest BCUT2D eigenvalue weighted by atomic mass is 19.3. The van der Waals surface area contributed by atoms with Gasteiger partial charge in [0.1, 0.15) is 5.54 Å². The van der Waals surface area contributed by atoms with E-state index in [1.165, 1.54) is 0 Å². The van der Waals surface area contributed by atoms with Crippen molar-refractivity contribution in [2.75, 3.05) is 7.05 Å². The molecule has 122 valence electrons. The van der Waals surface area contributed by atoms with Gasteiger partial charge in [0.2, 0.25) is 0 Å². The van der Waals surface area contributed by atoms with Crippen LogP contribution in [0, 0.1) is 0 Å². The molecule has 22 heavy (non-hydrogen) atoms. The second kappa shape index (κ2) is 7.43. The third-order valence-corrected chi connectivity index (χ3v) is 3.92. The summed E-state index contributed by atoms with van der Waals surface area (Å²) in [6, 6.07) is 0. The van der Waals surface area contributed by atoms with Gasteiger partial charge in [-0.25, -0.2) is 8.78 Å². The molecule has 1 rings (SSSR count). The highest BCUT2D eigenvalue weighted by Gasteiger charge is 2.53. The summed E-state index contributed by atoms with van der Waals surface area (Å²) in [6.45, 7) is 15.4. The van der Waals surface area contributed by atoms with E-state index in [1.807, 2.05) is 13.8 Å². The maximum Gasteiger partial charge on any atom is 0.261 e. The fraction of sp³-hybridized carbons (Fsp3) is 0.444. The highest BCUT2D eigenvalue weighted by molar-refractivity contribution is 5.46. The van der Waals surface area contributed by atoms with Gasteiger partial charge >= 0.3 is 0 Å². The minimum absolute atomic E-state index is 0.512. The molecule has 0 saturated heterocycles. The van der Waals surface area contributed by atoms with Gasteiger partial charge in [0.05, 0.1) is 0 Å². The van der Waals surface area contributed by atoms with Gasteiger partial charge in [-0.2, -0.15) is 0 Å². The predicted molar refractivity (Wildman–Crippen MR) is 89.5 cm³/mol. The van der Waals surface area contributed by atoms with Crippen LogP contribution in [0.5, 0.6) is 0 Å². The second-order valence-corrected chi connectivity index (χ2v) is 5.74. The first-order valence-electron chi connectivity index (χ1n) is 7.45. The van der Waals surface area contributed by atoms with Crippen LogP contribution in [0.1, 0.15) is 33.1 Å². The molecule has 0 amide bonds. The molecule has 0 aromatic carbocycles. The first-order valence-corrected chi connectivity index (χ1v) is 7.45. The molecule has 1 N–H and O–H groups in total. The lowest BCUT2D eigenvalue weighted by atomic mass is 10.0. The van der Waals surface area contributed by atoms with Gasteiger partial charge in [-0.15, -0.1) is 0 Å². The summed E-state index contributed by atoms with van der Waals surface area (Å²) in [4.78, 5) is 1.63. The first-order chi connectivity index (χ1) is 10.3. The van der Waals surface area contributed by atoms with Crippen molar-refractivity contribution in [3.63, 3.8) is 0 Å². The maximum atomic E-state index is 13.3. The third-order valence-electron chi connectivity index (χ3n) is 3.92. The van der Waals surface area contributed by atoms with Crippen LogP contribution in [0.2, 0.25) is 0 Å². The van der Waals surface area contributed by atoms with Crippen LogP contribution < -0.4 is 5.32 Å². The molecule has 0 radical (unpaired) electrons. The Bertz CT molecular complexity index is 511. The summed E-state index contributed by atoms with van der Waals surface area (Å²) in [5, 5.41) is 3.15. The monoisotopic (exact) mass is 308 g/mol. The fourth-order valence-electron chi connectivity index (χ4n) is 2.26. The van der Waals surface area contributed by atoms with Gasteiger partial charge in [-0.05, 0) is 37.8 Å². The van der Waals surface area contributed by atoms with E-state index in [-0.39, 0.29) is 0 Å². The van der Waals surface area contributed by atoms with Crippen molar-refractivity contribution in [1.82, 2.24) is 10.2 Å². The number of halogens is 2. The van der Waals surface area contributed by atoms with E-state index in [0.29, 0.717) is 12.8 Å². The van der Waals surface area contributed by atoms with Crippen molar-refractivity contribution < 1.29 is 8.78 Å². The molecule has 0 bridgehead atoms. The summed E-state index contributed by atoms with van der Waals surface area (Å²) in [5.74, 6) is 0. The molecule has 0 heterocycles. The molecule has 0 aromatic rings. The molecule has 0 aromatic heterocycles. The Kier molecular flexibility index (Phi) is 6.15. The summed E-state index contributed by atoms with van der Waals surface area (Å²) in [7, 11) is 1.70. The second-order valence-electron chi connectivity index (χ2n) is 5.74. The van der Waals surface area contributed by atoms with E-state index in [4.69, 9.17) is 0 Å². The Balaban J connectivity index is 3.19. The summed E-state index contributed by atoms with van der Waals surface area (Å²) in [6.07, 6.45) is 4.62. The van der Waals surface area contributed by atoms with Crippen LogP contribution >= 0.6 is 0 Å². The van der Waals surface area contributed by atoms with E-state index in [9.17, 15) is 8.78 Å². The average Bonchev–Trinajstić information content (AvgIpc) is 3.24. The van der Waals surface area contributed by atoms with Crippen molar-refractivity contribution >= 4 is 0 Å². The van der Waals surface area contributed by atoms with Gasteiger partial charge in [0.25, 0.3) is 6.43 Å². The van der Waals surface area contributed by atoms with Gasteiger partial charge < -0.3 is 10.2 Å². The molecule has 1 saturated carbocycles. The van der Waals surface area contributed by atoms with Crippen molar-refractivity contribution in [1.29, 1.82) is 0 Å². The zero-order valence-corrected chi connectivity index (χ0v) is 13.8. The third kappa shape index (κ3) is 4.09. The van der Waals surface area contributed by atoms with Gasteiger partial charge in [0, 0.05) is 30.2 Å². The smallest absolute Gasteiger partial charge is 0.261 e. The topological polar surface area (TPSA) is 15.3 Å². The zero-order valence-electron chi connectivity index (χ0n) is 13.8. The average molecular weight is 308 g/mol. The van der Waals surface area contributed by atoms with Crippen LogP contribution in [0.3, 0.4) is 0 Å². The van der Waals surface area contributed by atoms with E-state index >= 15 is 0 Å². The number of nitrogens with zero attached hydrogens (tertiary/aromatic N) is 1. The molecule has 0 spiro atoms. The lowest BCUT2D eigenvalue weighted by molar-refractivity contribution is 0.0417. The molecule has 4 heteroatoms. The van der Waals surface area contributed by atoms with Crippen molar-refractivity contribution in [2.45, 2.75) is 45.1 Å². The summed E-state index contributed by atoms with van der Waals surface area (Å²) < 4.78 is 26.5. The summed E-state index contributed by atoms with van der Waals surface area (Å²) >= 11 is 0. The molecule has 0 aliphatic heterocycles. The molecule has 0 atom stereocenters. The number of alkyl halides is 2. The van der Waals surface area contributed by atoms with E-state index < -0.39 is 12.0 Å². The Morgan fingerprint density at radius 3 is 2.32 bits per heavy atom. The largest absolute Gasteiger partial charge is 0.369 e. The lowest BCUT2D eigenvalue weighted by Gasteiger charge is -2.28. The SMILES string of the molecule is C=C/C=C(NC(=C)C)\C(=C/N(C)C1(C(F)F)CC1)C(=C)CC. The minimum Gasteiger partial charge on any atom is -0.369 e. The molecule has 2 nitrogen and oxygen atoms in total. The molecule has 1 fully saturated rings. The normalized spacial score (nSPS) is 17.2. The minimum atomic E-state index is -2.36. The Morgan fingerprint density at radius 2 is 1.95 bits per heavy atom. The van der Waals surface area contributed by atoms with Crippen LogP contribution in [-0.4, -0.2) is 23.9 Å². The van der Waals surface area contributed by atoms with E-state index in [0.717, 1.165) is 29.0 Å². The quantitative estimate of drug-likeness (QED) is 0.618. The number of nitrogens with one attached hydrogen (secondary N) is 1. The molecular weight excluding hydrogens is 282 g/mol. The van der Waals surface area contributed by atoms with E-state index in [2.05, 4.69) is 25.1 Å². The molecular formula is C18H26F2N2. The predicted octanol–water partition coefficient (Wildman–Crippen LogP) is 4.76. The van der Waals surface area contributed by atoms with Crippen LogP contribution in [0.25, 0.3) is 0 Å². The Labute approximate surface area is 132 Å². The van der Waals surface area contributed by atoms with Crippen LogP contribution in [0.15, 0.2) is 60.6 Å². The Morgan fingerprint density at radius 1 is 1.36 bits per heavy atom.